The summed E-state index contributed by atoms with van der Waals surface area (Å²) in [5.74, 6) is 0. The summed E-state index contributed by atoms with van der Waals surface area (Å²) in [6.45, 7) is 0. The first-order valence-electron chi connectivity index (χ1n) is 1.99. The molecule has 0 fully saturated rings. The number of halogens is 2. The first kappa shape index (κ1) is 7.92. The predicted molar refractivity (Wildman–Crippen MR) is 37.6 cm³/mol. The van der Waals surface area contributed by atoms with Gasteiger partial charge in [0.25, 0.3) is 0 Å². The second-order valence-corrected chi connectivity index (χ2v) is 2.49. The van der Waals surface area contributed by atoms with Crippen molar-refractivity contribution in [2.75, 3.05) is 5.33 Å². The van der Waals surface area contributed by atoms with E-state index in [-0.39, 0.29) is 6.10 Å². The van der Waals surface area contributed by atoms with Crippen LogP contribution in [0.4, 0.5) is 0 Å². The van der Waals surface area contributed by atoms with E-state index in [4.69, 9.17) is 5.11 Å². The Hall–Kier alpha value is 0.920. The van der Waals surface area contributed by atoms with E-state index >= 15 is 0 Å². The zero-order valence-corrected chi connectivity index (χ0v) is 6.94. The van der Waals surface area contributed by atoms with E-state index in [1.807, 2.05) is 0 Å². The van der Waals surface area contributed by atoms with Crippen molar-refractivity contribution in [1.29, 1.82) is 0 Å². The quantitative estimate of drug-likeness (QED) is 0.732. The molecule has 1 atom stereocenters. The second-order valence-electron chi connectivity index (χ2n) is 1.17. The molecule has 0 saturated heterocycles. The van der Waals surface area contributed by atoms with Gasteiger partial charge in [0.05, 0.1) is 11.4 Å². The maximum absolute atomic E-state index is 8.73. The SMILES string of the molecule is OC([CH]Br)CCBr. The number of alkyl halides is 1. The highest BCUT2D eigenvalue weighted by Gasteiger charge is 1.97. The third kappa shape index (κ3) is 4.78. The number of rotatable bonds is 3. The van der Waals surface area contributed by atoms with Crippen LogP contribution in [0.15, 0.2) is 0 Å². The summed E-state index contributed by atoms with van der Waals surface area (Å²) in [6.07, 6.45) is 0.463. The maximum atomic E-state index is 8.73. The van der Waals surface area contributed by atoms with Gasteiger partial charge in [-0.15, -0.1) is 0 Å². The van der Waals surface area contributed by atoms with E-state index in [2.05, 4.69) is 31.9 Å². The van der Waals surface area contributed by atoms with Crippen molar-refractivity contribution in [2.24, 2.45) is 0 Å². The Labute approximate surface area is 60.4 Å². The zero-order valence-electron chi connectivity index (χ0n) is 3.77. The van der Waals surface area contributed by atoms with Crippen LogP contribution in [0.25, 0.3) is 0 Å². The molecule has 0 amide bonds. The Balaban J connectivity index is 2.83. The van der Waals surface area contributed by atoms with Crippen LogP contribution in [0.5, 0.6) is 0 Å². The second kappa shape index (κ2) is 5.06. The summed E-state index contributed by atoms with van der Waals surface area (Å²) in [5, 5.41) is 11.2. The van der Waals surface area contributed by atoms with E-state index in [1.165, 1.54) is 0 Å². The van der Waals surface area contributed by atoms with Gasteiger partial charge in [0, 0.05) is 5.33 Å². The van der Waals surface area contributed by atoms with Crippen molar-refractivity contribution in [3.8, 4) is 0 Å². The van der Waals surface area contributed by atoms with E-state index < -0.39 is 0 Å². The lowest BCUT2D eigenvalue weighted by atomic mass is 10.3. The minimum absolute atomic E-state index is 0.306. The summed E-state index contributed by atoms with van der Waals surface area (Å²) < 4.78 is 0. The predicted octanol–water partition coefficient (Wildman–Crippen LogP) is 1.69. The molecule has 0 rings (SSSR count). The van der Waals surface area contributed by atoms with Crippen molar-refractivity contribution >= 4 is 31.9 Å². The molecule has 0 saturated carbocycles. The third-order valence-corrected chi connectivity index (χ3v) is 1.62. The average Bonchev–Trinajstić information content (AvgIpc) is 1.68. The molecule has 7 heavy (non-hydrogen) atoms. The molecule has 1 radical (unpaired) electrons. The molecule has 3 heteroatoms. The van der Waals surface area contributed by atoms with Crippen LogP contribution in [-0.4, -0.2) is 16.5 Å². The molecule has 0 aliphatic rings. The van der Waals surface area contributed by atoms with E-state index in [0.717, 1.165) is 11.8 Å². The van der Waals surface area contributed by atoms with Gasteiger partial charge in [-0.3, -0.25) is 0 Å². The number of hydrogen-bond donors (Lipinski definition) is 1. The molecule has 0 aromatic heterocycles. The van der Waals surface area contributed by atoms with Crippen LogP contribution in [-0.2, 0) is 0 Å². The molecule has 1 nitrogen and oxygen atoms in total. The fourth-order valence-electron chi connectivity index (χ4n) is 0.175. The fourth-order valence-corrected chi connectivity index (χ4v) is 0.908. The Morgan fingerprint density at radius 1 is 1.71 bits per heavy atom. The highest BCUT2D eigenvalue weighted by atomic mass is 79.9. The summed E-state index contributed by atoms with van der Waals surface area (Å²) in [5.41, 5.74) is 0. The van der Waals surface area contributed by atoms with Gasteiger partial charge in [-0.1, -0.05) is 31.9 Å². The molecule has 0 spiro atoms. The molecule has 0 aromatic carbocycles. The van der Waals surface area contributed by atoms with Crippen LogP contribution >= 0.6 is 31.9 Å². The van der Waals surface area contributed by atoms with Gasteiger partial charge < -0.3 is 5.11 Å². The molecule has 43 valence electrons. The highest BCUT2D eigenvalue weighted by Crippen LogP contribution is 2.02. The summed E-state index contributed by atoms with van der Waals surface area (Å²) in [4.78, 5) is 0. The first-order valence-corrected chi connectivity index (χ1v) is 4.02. The molecule has 1 N–H and O–H groups in total. The van der Waals surface area contributed by atoms with E-state index in [0.29, 0.717) is 0 Å². The average molecular weight is 231 g/mol. The first-order chi connectivity index (χ1) is 3.31. The molecule has 0 aromatic rings. The minimum atomic E-state index is -0.306. The molecule has 0 aliphatic carbocycles. The Bertz CT molecular complexity index is 40.7. The van der Waals surface area contributed by atoms with Gasteiger partial charge in [0.1, 0.15) is 0 Å². The largest absolute Gasteiger partial charge is 0.392 e. The standard InChI is InChI=1S/C4H7Br2O/c5-2-1-4(7)3-6/h3-4,7H,1-2H2. The van der Waals surface area contributed by atoms with Crippen molar-refractivity contribution in [2.45, 2.75) is 12.5 Å². The molecule has 1 unspecified atom stereocenters. The lowest BCUT2D eigenvalue weighted by Crippen LogP contribution is -2.02. The lowest BCUT2D eigenvalue weighted by Gasteiger charge is -1.99. The maximum Gasteiger partial charge on any atom is 0.0685 e. The Morgan fingerprint density at radius 3 is 2.43 bits per heavy atom. The smallest absolute Gasteiger partial charge is 0.0685 e. The fraction of sp³-hybridized carbons (Fsp3) is 0.750. The van der Waals surface area contributed by atoms with Gasteiger partial charge in [0.2, 0.25) is 0 Å². The van der Waals surface area contributed by atoms with Crippen LogP contribution in [0.3, 0.4) is 0 Å². The number of aliphatic hydroxyl groups excluding tert-OH is 1. The minimum Gasteiger partial charge on any atom is -0.392 e. The van der Waals surface area contributed by atoms with Gasteiger partial charge in [0.15, 0.2) is 0 Å². The van der Waals surface area contributed by atoms with Crippen molar-refractivity contribution in [3.05, 3.63) is 5.33 Å². The normalized spacial score (nSPS) is 14.1. The number of hydrogen-bond acceptors (Lipinski definition) is 1. The van der Waals surface area contributed by atoms with Gasteiger partial charge in [-0.05, 0) is 6.42 Å². The summed E-state index contributed by atoms with van der Waals surface area (Å²) in [6, 6.07) is 0. The molecule has 0 aliphatic heterocycles. The van der Waals surface area contributed by atoms with E-state index in [1.54, 1.807) is 5.33 Å². The van der Waals surface area contributed by atoms with Crippen LogP contribution in [0.1, 0.15) is 6.42 Å². The van der Waals surface area contributed by atoms with Crippen molar-refractivity contribution in [1.82, 2.24) is 0 Å². The zero-order chi connectivity index (χ0) is 5.70. The van der Waals surface area contributed by atoms with Crippen LogP contribution in [0.2, 0.25) is 0 Å². The molecule has 0 bridgehead atoms. The summed E-state index contributed by atoms with van der Waals surface area (Å²) >= 11 is 6.21. The third-order valence-electron chi connectivity index (χ3n) is 0.550. The van der Waals surface area contributed by atoms with Crippen molar-refractivity contribution < 1.29 is 5.11 Å². The Morgan fingerprint density at radius 2 is 2.29 bits per heavy atom. The van der Waals surface area contributed by atoms with Crippen LogP contribution < -0.4 is 0 Å². The molecular weight excluding hydrogens is 224 g/mol. The topological polar surface area (TPSA) is 20.2 Å². The van der Waals surface area contributed by atoms with Gasteiger partial charge in [-0.2, -0.15) is 0 Å². The summed E-state index contributed by atoms with van der Waals surface area (Å²) in [7, 11) is 0. The molecular formula is C4H7Br2O. The number of aliphatic hydroxyl groups is 1. The lowest BCUT2D eigenvalue weighted by molar-refractivity contribution is 0.215. The van der Waals surface area contributed by atoms with Crippen molar-refractivity contribution in [3.63, 3.8) is 0 Å². The Kier molecular flexibility index (Phi) is 5.73. The van der Waals surface area contributed by atoms with Crippen LogP contribution in [0, 0.1) is 5.33 Å². The van der Waals surface area contributed by atoms with E-state index in [9.17, 15) is 0 Å². The van der Waals surface area contributed by atoms with Gasteiger partial charge >= 0.3 is 0 Å². The highest BCUT2D eigenvalue weighted by molar-refractivity contribution is 9.10. The molecule has 0 heterocycles. The monoisotopic (exact) mass is 229 g/mol. The van der Waals surface area contributed by atoms with Gasteiger partial charge in [-0.25, -0.2) is 0 Å².